The molecule has 0 N–H and O–H groups in total. The van der Waals surface area contributed by atoms with E-state index in [0.29, 0.717) is 24.9 Å². The van der Waals surface area contributed by atoms with Gasteiger partial charge in [-0.25, -0.2) is 9.59 Å². The second-order valence-corrected chi connectivity index (χ2v) is 39.2. The number of carbonyl (C=O) groups is 2. The molecule has 0 aliphatic rings. The van der Waals surface area contributed by atoms with Gasteiger partial charge in [-0.2, -0.15) is 9.78 Å². The molecule has 0 bridgehead atoms. The monoisotopic (exact) mass is 714 g/mol. The highest BCUT2D eigenvalue weighted by molar-refractivity contribution is 6.92. The molecule has 252 valence electrons. The zero-order valence-corrected chi connectivity index (χ0v) is 35.1. The standard InChI is InChI=1S/C26H58O11Si6/c1-23(2)25(27)31-29-19-17-21-42(33-38(5,6)7,34-39(8,9)10)37-43(35-40(11,12)13,36-41(14,15)16)22-18-20-30-32-26(28)24(3)4/h1,3,17-22H2,2,4-16H3. The quantitative estimate of drug-likeness (QED) is 0.0374. The van der Waals surface area contributed by atoms with E-state index in [4.69, 9.17) is 40.1 Å². The van der Waals surface area contributed by atoms with Crippen molar-refractivity contribution in [3.05, 3.63) is 24.3 Å². The Hall–Kier alpha value is -0.559. The third kappa shape index (κ3) is 21.0. The lowest BCUT2D eigenvalue weighted by molar-refractivity contribution is -0.268. The lowest BCUT2D eigenvalue weighted by Crippen LogP contribution is -2.67. The Bertz CT molecular complexity index is 828. The zero-order valence-electron chi connectivity index (χ0n) is 29.1. The van der Waals surface area contributed by atoms with Crippen LogP contribution < -0.4 is 0 Å². The Balaban J connectivity index is 6.55. The number of hydrogen-bond donors (Lipinski definition) is 0. The van der Waals surface area contributed by atoms with Gasteiger partial charge in [0.25, 0.3) is 0 Å². The van der Waals surface area contributed by atoms with Crippen LogP contribution in [-0.2, 0) is 49.7 Å². The molecule has 0 heterocycles. The molecule has 11 nitrogen and oxygen atoms in total. The molecule has 0 aromatic heterocycles. The van der Waals surface area contributed by atoms with E-state index in [1.54, 1.807) is 13.8 Å². The molecule has 0 aliphatic carbocycles. The van der Waals surface area contributed by atoms with E-state index in [-0.39, 0.29) is 24.4 Å². The molecule has 0 rings (SSSR count). The summed E-state index contributed by atoms with van der Waals surface area (Å²) in [6, 6.07) is 0.829. The van der Waals surface area contributed by atoms with E-state index in [0.717, 1.165) is 0 Å². The minimum absolute atomic E-state index is 0.126. The van der Waals surface area contributed by atoms with Gasteiger partial charge in [-0.05, 0) is 105 Å². The summed E-state index contributed by atoms with van der Waals surface area (Å²) < 4.78 is 34.9. The first kappa shape index (κ1) is 42.4. The van der Waals surface area contributed by atoms with Gasteiger partial charge in [0.05, 0.1) is 13.2 Å². The highest BCUT2D eigenvalue weighted by atomic mass is 28.5. The predicted molar refractivity (Wildman–Crippen MR) is 183 cm³/mol. The van der Waals surface area contributed by atoms with Crippen LogP contribution in [0.25, 0.3) is 0 Å². The van der Waals surface area contributed by atoms with Gasteiger partial charge in [0, 0.05) is 23.2 Å². The fraction of sp³-hybridized carbons (Fsp3) is 0.769. The molecule has 0 spiro atoms. The maximum Gasteiger partial charge on any atom is 0.472 e. The molecule has 0 amide bonds. The van der Waals surface area contributed by atoms with E-state index in [9.17, 15) is 9.59 Å². The Morgan fingerprint density at radius 1 is 0.488 bits per heavy atom. The number of carbonyl (C=O) groups excluding carboxylic acids is 2. The molecule has 0 aromatic carbocycles. The molecular weight excluding hydrogens is 657 g/mol. The largest absolute Gasteiger partial charge is 0.472 e. The second kappa shape index (κ2) is 17.4. The topological polar surface area (TPSA) is 117 Å². The Morgan fingerprint density at radius 3 is 0.953 bits per heavy atom. The zero-order chi connectivity index (χ0) is 33.9. The summed E-state index contributed by atoms with van der Waals surface area (Å²) in [6.07, 6.45) is 0.907. The van der Waals surface area contributed by atoms with E-state index >= 15 is 0 Å². The van der Waals surface area contributed by atoms with Crippen molar-refractivity contribution < 1.29 is 49.7 Å². The lowest BCUT2D eigenvalue weighted by Gasteiger charge is -2.47. The van der Waals surface area contributed by atoms with Crippen LogP contribution in [0.4, 0.5) is 0 Å². The molecule has 0 radical (unpaired) electrons. The normalized spacial score (nSPS) is 13.5. The molecule has 0 aromatic rings. The van der Waals surface area contributed by atoms with Gasteiger partial charge in [0.2, 0.25) is 0 Å². The summed E-state index contributed by atoms with van der Waals surface area (Å²) in [5.41, 5.74) is 0.495. The maximum atomic E-state index is 11.8. The Kier molecular flexibility index (Phi) is 17.2. The Morgan fingerprint density at radius 2 is 0.744 bits per heavy atom. The van der Waals surface area contributed by atoms with Gasteiger partial charge in [-0.1, -0.05) is 13.2 Å². The second-order valence-electron chi connectivity index (χ2n) is 14.5. The van der Waals surface area contributed by atoms with Gasteiger partial charge >= 0.3 is 29.5 Å². The van der Waals surface area contributed by atoms with Gasteiger partial charge < -0.3 is 20.6 Å². The van der Waals surface area contributed by atoms with Gasteiger partial charge in [0.1, 0.15) is 0 Å². The van der Waals surface area contributed by atoms with E-state index in [1.165, 1.54) is 0 Å². The van der Waals surface area contributed by atoms with Crippen molar-refractivity contribution >= 4 is 62.8 Å². The van der Waals surface area contributed by atoms with E-state index in [2.05, 4.69) is 91.7 Å². The van der Waals surface area contributed by atoms with Crippen LogP contribution in [0, 0.1) is 0 Å². The van der Waals surface area contributed by atoms with Gasteiger partial charge in [0.15, 0.2) is 33.3 Å². The third-order valence-electron chi connectivity index (χ3n) is 4.55. The molecule has 0 saturated carbocycles. The first-order valence-corrected chi connectivity index (χ1v) is 32.2. The predicted octanol–water partition coefficient (Wildman–Crippen LogP) is 7.17. The molecule has 0 aliphatic heterocycles. The fourth-order valence-electron chi connectivity index (χ4n) is 3.56. The SMILES string of the molecule is C=C(C)C(=O)OOCCC[Si](O[Si](C)(C)C)(O[Si](C)(C)C)O[Si](CCCOOC(=O)C(=C)C)(O[Si](C)(C)C)O[Si](C)(C)C. The highest BCUT2D eigenvalue weighted by Crippen LogP contribution is 2.35. The molecular formula is C26H58O11Si6. The van der Waals surface area contributed by atoms with Gasteiger partial charge in [-0.15, -0.1) is 0 Å². The van der Waals surface area contributed by atoms with Crippen LogP contribution in [0.5, 0.6) is 0 Å². The number of hydrogen-bond acceptors (Lipinski definition) is 11. The van der Waals surface area contributed by atoms with Crippen molar-refractivity contribution in [3.63, 3.8) is 0 Å². The molecule has 0 unspecified atom stereocenters. The van der Waals surface area contributed by atoms with Crippen LogP contribution in [0.15, 0.2) is 24.3 Å². The summed E-state index contributed by atoms with van der Waals surface area (Å²) in [5.74, 6) is -1.24. The molecule has 43 heavy (non-hydrogen) atoms. The average molecular weight is 715 g/mol. The molecule has 0 saturated heterocycles. The van der Waals surface area contributed by atoms with E-state index in [1.807, 2.05) is 0 Å². The molecule has 0 atom stereocenters. The fourth-order valence-corrected chi connectivity index (χ4v) is 27.2. The summed E-state index contributed by atoms with van der Waals surface area (Å²) in [5, 5.41) is 0. The maximum absolute atomic E-state index is 11.8. The van der Waals surface area contributed by atoms with Crippen molar-refractivity contribution in [1.29, 1.82) is 0 Å². The van der Waals surface area contributed by atoms with Crippen molar-refractivity contribution in [2.24, 2.45) is 0 Å². The van der Waals surface area contributed by atoms with Crippen LogP contribution in [0.2, 0.25) is 90.7 Å². The van der Waals surface area contributed by atoms with Gasteiger partial charge in [-0.3, -0.25) is 9.78 Å². The lowest BCUT2D eigenvalue weighted by atomic mass is 10.4. The highest BCUT2D eigenvalue weighted by Gasteiger charge is 2.58. The summed E-state index contributed by atoms with van der Waals surface area (Å²) in [7, 11) is -15.9. The van der Waals surface area contributed by atoms with Crippen LogP contribution >= 0.6 is 0 Å². The van der Waals surface area contributed by atoms with Crippen molar-refractivity contribution in [2.45, 2.75) is 117 Å². The first-order chi connectivity index (χ1) is 19.2. The van der Waals surface area contributed by atoms with Crippen LogP contribution in [0.1, 0.15) is 26.7 Å². The van der Waals surface area contributed by atoms with Crippen LogP contribution in [-0.4, -0.2) is 76.0 Å². The van der Waals surface area contributed by atoms with Crippen molar-refractivity contribution in [1.82, 2.24) is 0 Å². The summed E-state index contributed by atoms with van der Waals surface area (Å²) in [4.78, 5) is 43.7. The third-order valence-corrected chi connectivity index (χ3v) is 23.7. The van der Waals surface area contributed by atoms with Crippen molar-refractivity contribution in [3.8, 4) is 0 Å². The summed E-state index contributed by atoms with van der Waals surface area (Å²) in [6.45, 7) is 35.7. The minimum atomic E-state index is -3.50. The average Bonchev–Trinajstić information content (AvgIpc) is 2.73. The minimum Gasteiger partial charge on any atom is -0.417 e. The summed E-state index contributed by atoms with van der Waals surface area (Å²) >= 11 is 0. The Labute approximate surface area is 266 Å². The van der Waals surface area contributed by atoms with E-state index < -0.39 is 62.8 Å². The molecule has 0 fully saturated rings. The first-order valence-electron chi connectivity index (χ1n) is 14.7. The molecule has 17 heteroatoms. The van der Waals surface area contributed by atoms with Crippen molar-refractivity contribution in [2.75, 3.05) is 13.2 Å². The smallest absolute Gasteiger partial charge is 0.417 e. The number of rotatable bonds is 22. The van der Waals surface area contributed by atoms with Crippen LogP contribution in [0.3, 0.4) is 0 Å².